The summed E-state index contributed by atoms with van der Waals surface area (Å²) < 4.78 is 0. The van der Waals surface area contributed by atoms with Crippen LogP contribution in [0.3, 0.4) is 0 Å². The lowest BCUT2D eigenvalue weighted by atomic mass is 9.47. The fraction of sp³-hybridized carbons (Fsp3) is 0.696. The van der Waals surface area contributed by atoms with Gasteiger partial charge in [-0.1, -0.05) is 25.5 Å². The summed E-state index contributed by atoms with van der Waals surface area (Å²) >= 11 is 0. The molecule has 0 saturated heterocycles. The van der Waals surface area contributed by atoms with Crippen molar-refractivity contribution in [3.8, 4) is 0 Å². The van der Waals surface area contributed by atoms with E-state index in [1.807, 2.05) is 0 Å². The second-order valence-electron chi connectivity index (χ2n) is 10.0. The normalized spacial score (nSPS) is 41.2. The Bertz CT molecular complexity index is 823. The first kappa shape index (κ1) is 20.5. The molecule has 3 fully saturated rings. The Morgan fingerprint density at radius 1 is 1.14 bits per heavy atom. The fourth-order valence-corrected chi connectivity index (χ4v) is 7.21. The van der Waals surface area contributed by atoms with Gasteiger partial charge in [0.15, 0.2) is 11.6 Å². The Balaban J connectivity index is 1.60. The predicted molar refractivity (Wildman–Crippen MR) is 105 cm³/mol. The summed E-state index contributed by atoms with van der Waals surface area (Å²) in [5, 5.41) is 29.2. The first-order chi connectivity index (χ1) is 13.5. The second kappa shape index (κ2) is 6.61. The van der Waals surface area contributed by atoms with Crippen molar-refractivity contribution in [3.05, 3.63) is 23.8 Å². The number of allylic oxidation sites excluding steroid dienone is 4. The van der Waals surface area contributed by atoms with E-state index in [-0.39, 0.29) is 16.6 Å². The second-order valence-corrected chi connectivity index (χ2v) is 10.0. The molecule has 3 N–H and O–H groups in total. The Morgan fingerprint density at radius 3 is 2.55 bits per heavy atom. The lowest BCUT2D eigenvalue weighted by Gasteiger charge is -2.57. The number of Topliss-reactive ketones (excluding diaryl/α,β-unsaturated/α-hetero) is 1. The lowest BCUT2D eigenvalue weighted by Crippen LogP contribution is -2.53. The molecule has 0 spiro atoms. The van der Waals surface area contributed by atoms with E-state index >= 15 is 0 Å². The first-order valence-electron chi connectivity index (χ1n) is 10.6. The van der Waals surface area contributed by atoms with Crippen LogP contribution in [0.15, 0.2) is 23.8 Å². The van der Waals surface area contributed by atoms with Gasteiger partial charge in [-0.05, 0) is 73.8 Å². The standard InChI is InChI=1S/C23H30O6/c1-21-9-7-14(24)11-13(21)3-4-15-16-5-6-18(22(16,2)10-8-17(15)21)20(27)23(28,29)12-19(25)26/h7,9,11,15-18,28-29H,3-6,8,10,12H2,1-2H3,(H,25,26)/t15-,16-,17-,18+,21-,22-/m0/s1. The van der Waals surface area contributed by atoms with E-state index in [2.05, 4.69) is 19.9 Å². The highest BCUT2D eigenvalue weighted by Gasteiger charge is 2.61. The number of aliphatic hydroxyl groups is 2. The number of carboxylic acids is 1. The molecule has 4 aliphatic carbocycles. The summed E-state index contributed by atoms with van der Waals surface area (Å²) in [5.74, 6) is -4.31. The summed E-state index contributed by atoms with van der Waals surface area (Å²) in [6.45, 7) is 4.30. The molecule has 0 unspecified atom stereocenters. The monoisotopic (exact) mass is 402 g/mol. The minimum absolute atomic E-state index is 0.0590. The number of hydrogen-bond acceptors (Lipinski definition) is 5. The molecule has 6 nitrogen and oxygen atoms in total. The highest BCUT2D eigenvalue weighted by molar-refractivity contribution is 6.01. The van der Waals surface area contributed by atoms with Gasteiger partial charge >= 0.3 is 5.97 Å². The summed E-state index contributed by atoms with van der Waals surface area (Å²) in [7, 11) is 0. The van der Waals surface area contributed by atoms with Crippen molar-refractivity contribution >= 4 is 17.5 Å². The zero-order chi connectivity index (χ0) is 21.2. The zero-order valence-corrected chi connectivity index (χ0v) is 17.1. The van der Waals surface area contributed by atoms with Gasteiger partial charge in [0.2, 0.25) is 5.79 Å². The van der Waals surface area contributed by atoms with Crippen LogP contribution in [0.1, 0.15) is 58.8 Å². The SMILES string of the molecule is C[C@]12CC[C@H]3[C@@H](CCC4=CC(=O)C=C[C@@]43C)[C@@H]1CC[C@@H]2C(=O)C(O)(O)CC(=O)O. The molecule has 0 aliphatic heterocycles. The molecule has 0 aromatic heterocycles. The number of hydrogen-bond donors (Lipinski definition) is 3. The highest BCUT2D eigenvalue weighted by atomic mass is 16.5. The van der Waals surface area contributed by atoms with Crippen LogP contribution in [0, 0.1) is 34.5 Å². The molecule has 29 heavy (non-hydrogen) atoms. The van der Waals surface area contributed by atoms with Gasteiger partial charge in [-0.3, -0.25) is 14.4 Å². The molecule has 4 rings (SSSR count). The Labute approximate surface area is 170 Å². The highest BCUT2D eigenvalue weighted by Crippen LogP contribution is 2.66. The zero-order valence-electron chi connectivity index (χ0n) is 17.1. The van der Waals surface area contributed by atoms with Gasteiger partial charge in [0.05, 0.1) is 0 Å². The molecule has 3 saturated carbocycles. The van der Waals surface area contributed by atoms with Crippen molar-refractivity contribution in [3.63, 3.8) is 0 Å². The van der Waals surface area contributed by atoms with Crippen molar-refractivity contribution in [2.45, 2.75) is 64.6 Å². The van der Waals surface area contributed by atoms with E-state index in [1.54, 1.807) is 12.2 Å². The third-order valence-electron chi connectivity index (χ3n) is 8.67. The third kappa shape index (κ3) is 3.03. The van der Waals surface area contributed by atoms with Gasteiger partial charge in [-0.15, -0.1) is 0 Å². The summed E-state index contributed by atoms with van der Waals surface area (Å²) in [6.07, 6.45) is 9.53. The predicted octanol–water partition coefficient (Wildman–Crippen LogP) is 2.64. The van der Waals surface area contributed by atoms with Crippen LogP contribution in [-0.4, -0.2) is 38.6 Å². The minimum Gasteiger partial charge on any atom is -0.481 e. The van der Waals surface area contributed by atoms with Gasteiger partial charge in [-0.2, -0.15) is 0 Å². The fourth-order valence-electron chi connectivity index (χ4n) is 7.21. The van der Waals surface area contributed by atoms with Crippen molar-refractivity contribution in [2.24, 2.45) is 34.5 Å². The molecule has 0 aromatic rings. The molecule has 0 bridgehead atoms. The molecule has 6 heteroatoms. The maximum Gasteiger partial charge on any atom is 0.309 e. The molecule has 0 amide bonds. The number of carbonyl (C=O) groups is 3. The van der Waals surface area contributed by atoms with Crippen molar-refractivity contribution in [1.29, 1.82) is 0 Å². The van der Waals surface area contributed by atoms with E-state index in [0.717, 1.165) is 32.1 Å². The summed E-state index contributed by atoms with van der Waals surface area (Å²) in [5.41, 5.74) is 0.743. The van der Waals surface area contributed by atoms with E-state index in [4.69, 9.17) is 5.11 Å². The quantitative estimate of drug-likeness (QED) is 0.623. The van der Waals surface area contributed by atoms with Crippen molar-refractivity contribution in [1.82, 2.24) is 0 Å². The maximum atomic E-state index is 12.9. The number of rotatable bonds is 4. The molecule has 158 valence electrons. The average Bonchev–Trinajstić information content (AvgIpc) is 2.97. The molecular formula is C23H30O6. The number of carbonyl (C=O) groups excluding carboxylic acids is 2. The minimum atomic E-state index is -2.81. The van der Waals surface area contributed by atoms with E-state index in [9.17, 15) is 24.6 Å². The average molecular weight is 402 g/mol. The van der Waals surface area contributed by atoms with Gasteiger partial charge in [-0.25, -0.2) is 0 Å². The summed E-state index contributed by atoms with van der Waals surface area (Å²) in [6, 6.07) is 0. The van der Waals surface area contributed by atoms with Crippen LogP contribution in [-0.2, 0) is 14.4 Å². The van der Waals surface area contributed by atoms with Gasteiger partial charge < -0.3 is 15.3 Å². The third-order valence-corrected chi connectivity index (χ3v) is 8.67. The molecule has 0 aromatic carbocycles. The number of carboxylic acid groups (broad SMARTS) is 1. The van der Waals surface area contributed by atoms with Gasteiger partial charge in [0.1, 0.15) is 6.42 Å². The first-order valence-corrected chi connectivity index (χ1v) is 10.6. The van der Waals surface area contributed by atoms with Crippen LogP contribution >= 0.6 is 0 Å². The van der Waals surface area contributed by atoms with Crippen LogP contribution in [0.4, 0.5) is 0 Å². The van der Waals surface area contributed by atoms with Gasteiger partial charge in [0, 0.05) is 11.3 Å². The smallest absolute Gasteiger partial charge is 0.309 e. The van der Waals surface area contributed by atoms with Gasteiger partial charge in [0.25, 0.3) is 0 Å². The van der Waals surface area contributed by atoms with Crippen molar-refractivity contribution in [2.75, 3.05) is 0 Å². The number of ketones is 2. The molecule has 0 heterocycles. The Hall–Kier alpha value is -1.79. The molecule has 4 aliphatic rings. The molecular weight excluding hydrogens is 372 g/mol. The largest absolute Gasteiger partial charge is 0.481 e. The summed E-state index contributed by atoms with van der Waals surface area (Å²) in [4.78, 5) is 35.8. The van der Waals surface area contributed by atoms with E-state index in [0.29, 0.717) is 24.2 Å². The molecule has 6 atom stereocenters. The number of fused-ring (bicyclic) bond motifs is 5. The Morgan fingerprint density at radius 2 is 1.86 bits per heavy atom. The van der Waals surface area contributed by atoms with E-state index < -0.39 is 29.9 Å². The van der Waals surface area contributed by atoms with Crippen molar-refractivity contribution < 1.29 is 29.7 Å². The Kier molecular flexibility index (Phi) is 4.67. The van der Waals surface area contributed by atoms with Crippen LogP contribution < -0.4 is 0 Å². The van der Waals surface area contributed by atoms with Crippen LogP contribution in [0.25, 0.3) is 0 Å². The lowest BCUT2D eigenvalue weighted by molar-refractivity contribution is -0.198. The van der Waals surface area contributed by atoms with E-state index in [1.165, 1.54) is 5.57 Å². The van der Waals surface area contributed by atoms with Crippen LogP contribution in [0.5, 0.6) is 0 Å². The maximum absolute atomic E-state index is 12.9. The topological polar surface area (TPSA) is 112 Å². The van der Waals surface area contributed by atoms with Crippen LogP contribution in [0.2, 0.25) is 0 Å². The molecule has 0 radical (unpaired) electrons. The number of aliphatic carboxylic acids is 1.